The van der Waals surface area contributed by atoms with Gasteiger partial charge in [0.05, 0.1) is 15.9 Å². The second-order valence-electron chi connectivity index (χ2n) is 4.68. The molecule has 21 heavy (non-hydrogen) atoms. The van der Waals surface area contributed by atoms with E-state index in [0.717, 1.165) is 26.3 Å². The van der Waals surface area contributed by atoms with Crippen LogP contribution in [0.4, 0.5) is 0 Å². The number of hydrogen-bond acceptors (Lipinski definition) is 4. The van der Waals surface area contributed by atoms with Crippen LogP contribution in [0, 0.1) is 0 Å². The zero-order valence-electron chi connectivity index (χ0n) is 10.7. The van der Waals surface area contributed by atoms with E-state index in [-0.39, 0.29) is 5.75 Å². The summed E-state index contributed by atoms with van der Waals surface area (Å²) >= 11 is 7.55. The van der Waals surface area contributed by atoms with Crippen molar-refractivity contribution in [2.75, 3.05) is 0 Å². The first-order valence-corrected chi connectivity index (χ1v) is 7.55. The van der Waals surface area contributed by atoms with E-state index in [2.05, 4.69) is 9.97 Å². The van der Waals surface area contributed by atoms with Crippen LogP contribution >= 0.6 is 22.9 Å². The van der Waals surface area contributed by atoms with Gasteiger partial charge in [0, 0.05) is 10.4 Å². The molecular weight excluding hydrogens is 304 g/mol. The Labute approximate surface area is 129 Å². The number of benzene rings is 2. The lowest BCUT2D eigenvalue weighted by Gasteiger charge is -2.01. The van der Waals surface area contributed by atoms with Crippen LogP contribution in [0.2, 0.25) is 5.02 Å². The Bertz CT molecular complexity index is 981. The number of thiazole rings is 1. The molecule has 3 nitrogen and oxygen atoms in total. The normalized spacial score (nSPS) is 11.3. The molecule has 0 bridgehead atoms. The van der Waals surface area contributed by atoms with Crippen molar-refractivity contribution >= 4 is 44.1 Å². The number of pyridine rings is 1. The highest BCUT2D eigenvalue weighted by Crippen LogP contribution is 2.32. The Kier molecular flexibility index (Phi) is 2.80. The number of hydrogen-bond donors (Lipinski definition) is 1. The number of halogens is 1. The third-order valence-electron chi connectivity index (χ3n) is 3.27. The number of aromatic hydroxyl groups is 1. The monoisotopic (exact) mass is 312 g/mol. The highest BCUT2D eigenvalue weighted by molar-refractivity contribution is 7.21. The van der Waals surface area contributed by atoms with E-state index in [1.54, 1.807) is 23.5 Å². The maximum absolute atomic E-state index is 9.92. The van der Waals surface area contributed by atoms with E-state index in [1.165, 1.54) is 0 Å². The molecule has 0 amide bonds. The average Bonchev–Trinajstić information content (AvgIpc) is 2.90. The molecule has 4 aromatic rings. The van der Waals surface area contributed by atoms with Gasteiger partial charge >= 0.3 is 0 Å². The lowest BCUT2D eigenvalue weighted by molar-refractivity contribution is 0.480. The second-order valence-corrected chi connectivity index (χ2v) is 6.14. The van der Waals surface area contributed by atoms with Gasteiger partial charge in [-0.2, -0.15) is 0 Å². The molecule has 4 rings (SSSR count). The zero-order chi connectivity index (χ0) is 14.4. The smallest absolute Gasteiger partial charge is 0.143 e. The number of nitrogens with zero attached hydrogens (tertiary/aromatic N) is 2. The molecule has 0 aliphatic heterocycles. The molecule has 2 aromatic carbocycles. The van der Waals surface area contributed by atoms with Crippen molar-refractivity contribution in [1.82, 2.24) is 9.97 Å². The van der Waals surface area contributed by atoms with Crippen LogP contribution in [-0.4, -0.2) is 15.1 Å². The highest BCUT2D eigenvalue weighted by atomic mass is 35.5. The van der Waals surface area contributed by atoms with E-state index in [9.17, 15) is 5.11 Å². The molecule has 0 aliphatic rings. The molecule has 5 heteroatoms. The quantitative estimate of drug-likeness (QED) is 0.545. The number of para-hydroxylation sites is 1. The van der Waals surface area contributed by atoms with Gasteiger partial charge in [0.25, 0.3) is 0 Å². The number of phenolic OH excluding ortho intramolecular Hbond substituents is 1. The fraction of sp³-hybridized carbons (Fsp3) is 0. The van der Waals surface area contributed by atoms with Gasteiger partial charge in [-0.1, -0.05) is 29.8 Å². The summed E-state index contributed by atoms with van der Waals surface area (Å²) in [6, 6.07) is 14.9. The standard InChI is InChI=1S/C16H9ClN2OS/c17-10-5-7-14-12(8-10)19-16(21-14)11-6-4-9-2-1-3-13(20)15(9)18-11/h1-8,20H. The number of fused-ring (bicyclic) bond motifs is 2. The minimum Gasteiger partial charge on any atom is -0.506 e. The SMILES string of the molecule is Oc1cccc2ccc(-c3nc4cc(Cl)ccc4s3)nc12. The summed E-state index contributed by atoms with van der Waals surface area (Å²) in [5, 5.41) is 12.3. The molecule has 1 N–H and O–H groups in total. The molecule has 0 spiro atoms. The van der Waals surface area contributed by atoms with Crippen molar-refractivity contribution in [1.29, 1.82) is 0 Å². The fourth-order valence-electron chi connectivity index (χ4n) is 2.26. The van der Waals surface area contributed by atoms with Crippen molar-refractivity contribution < 1.29 is 5.11 Å². The summed E-state index contributed by atoms with van der Waals surface area (Å²) in [4.78, 5) is 9.10. The predicted octanol–water partition coefficient (Wildman–Crippen LogP) is 4.87. The number of phenols is 1. The van der Waals surface area contributed by atoms with Gasteiger partial charge < -0.3 is 5.11 Å². The van der Waals surface area contributed by atoms with E-state index in [1.807, 2.05) is 36.4 Å². The van der Waals surface area contributed by atoms with Gasteiger partial charge in [0.2, 0.25) is 0 Å². The molecule has 102 valence electrons. The highest BCUT2D eigenvalue weighted by Gasteiger charge is 2.10. The summed E-state index contributed by atoms with van der Waals surface area (Å²) in [6.07, 6.45) is 0. The van der Waals surface area contributed by atoms with E-state index in [4.69, 9.17) is 11.6 Å². The van der Waals surface area contributed by atoms with Crippen molar-refractivity contribution in [3.05, 3.63) is 53.6 Å². The maximum atomic E-state index is 9.92. The Hall–Kier alpha value is -2.17. The second kappa shape index (κ2) is 4.69. The largest absolute Gasteiger partial charge is 0.506 e. The van der Waals surface area contributed by atoms with Gasteiger partial charge in [-0.15, -0.1) is 11.3 Å². The first-order valence-electron chi connectivity index (χ1n) is 6.36. The van der Waals surface area contributed by atoms with Gasteiger partial charge in [-0.3, -0.25) is 0 Å². The molecule has 0 radical (unpaired) electrons. The van der Waals surface area contributed by atoms with E-state index in [0.29, 0.717) is 10.5 Å². The molecular formula is C16H9ClN2OS. The van der Waals surface area contributed by atoms with E-state index < -0.39 is 0 Å². The molecule has 2 heterocycles. The zero-order valence-corrected chi connectivity index (χ0v) is 12.3. The van der Waals surface area contributed by atoms with Crippen LogP contribution < -0.4 is 0 Å². The lowest BCUT2D eigenvalue weighted by Crippen LogP contribution is -1.85. The summed E-state index contributed by atoms with van der Waals surface area (Å²) in [6.45, 7) is 0. The first kappa shape index (κ1) is 12.6. The minimum absolute atomic E-state index is 0.179. The summed E-state index contributed by atoms with van der Waals surface area (Å²) < 4.78 is 1.06. The van der Waals surface area contributed by atoms with Gasteiger partial charge in [0.15, 0.2) is 0 Å². The molecule has 0 saturated heterocycles. The third-order valence-corrected chi connectivity index (χ3v) is 4.56. The Balaban J connectivity index is 1.93. The first-order chi connectivity index (χ1) is 10.2. The third kappa shape index (κ3) is 2.13. The summed E-state index contributed by atoms with van der Waals surface area (Å²) in [7, 11) is 0. The van der Waals surface area contributed by atoms with Crippen LogP contribution in [0.5, 0.6) is 5.75 Å². The average molecular weight is 313 g/mol. The molecule has 2 aromatic heterocycles. The van der Waals surface area contributed by atoms with Crippen molar-refractivity contribution in [3.63, 3.8) is 0 Å². The minimum atomic E-state index is 0.179. The number of aromatic nitrogens is 2. The molecule has 0 saturated carbocycles. The van der Waals surface area contributed by atoms with Crippen molar-refractivity contribution in [2.24, 2.45) is 0 Å². The molecule has 0 aliphatic carbocycles. The maximum Gasteiger partial charge on any atom is 0.143 e. The Morgan fingerprint density at radius 3 is 2.81 bits per heavy atom. The van der Waals surface area contributed by atoms with Crippen molar-refractivity contribution in [3.8, 4) is 16.5 Å². The van der Waals surface area contributed by atoms with Crippen molar-refractivity contribution in [2.45, 2.75) is 0 Å². The predicted molar refractivity (Wildman–Crippen MR) is 87.0 cm³/mol. The van der Waals surface area contributed by atoms with Gasteiger partial charge in [-0.25, -0.2) is 9.97 Å². The lowest BCUT2D eigenvalue weighted by atomic mass is 10.2. The van der Waals surface area contributed by atoms with Crippen LogP contribution in [-0.2, 0) is 0 Å². The molecule has 0 fully saturated rings. The van der Waals surface area contributed by atoms with Gasteiger partial charge in [0.1, 0.15) is 16.3 Å². The Morgan fingerprint density at radius 2 is 1.90 bits per heavy atom. The van der Waals surface area contributed by atoms with Crippen LogP contribution in [0.1, 0.15) is 0 Å². The summed E-state index contributed by atoms with van der Waals surface area (Å²) in [5.41, 5.74) is 2.20. The van der Waals surface area contributed by atoms with Crippen LogP contribution in [0.25, 0.3) is 31.8 Å². The van der Waals surface area contributed by atoms with Gasteiger partial charge in [-0.05, 0) is 30.3 Å². The molecule has 0 atom stereocenters. The number of rotatable bonds is 1. The van der Waals surface area contributed by atoms with Crippen LogP contribution in [0.15, 0.2) is 48.5 Å². The topological polar surface area (TPSA) is 46.0 Å². The fourth-order valence-corrected chi connectivity index (χ4v) is 3.34. The van der Waals surface area contributed by atoms with E-state index >= 15 is 0 Å². The molecule has 0 unspecified atom stereocenters. The summed E-state index contributed by atoms with van der Waals surface area (Å²) in [5.74, 6) is 0.179. The Morgan fingerprint density at radius 1 is 1.00 bits per heavy atom. The van der Waals surface area contributed by atoms with Crippen LogP contribution in [0.3, 0.4) is 0 Å².